The summed E-state index contributed by atoms with van der Waals surface area (Å²) in [5.41, 5.74) is 1.70. The molecule has 1 atom stereocenters. The Labute approximate surface area is 127 Å². The molecule has 4 nitrogen and oxygen atoms in total. The number of hydrogen-bond acceptors (Lipinski definition) is 4. The minimum atomic E-state index is -0.331. The number of piperidine rings is 1. The van der Waals surface area contributed by atoms with Crippen molar-refractivity contribution in [2.45, 2.75) is 64.2 Å². The molecule has 0 aromatic carbocycles. The largest absolute Gasteiger partial charge is 0.496 e. The van der Waals surface area contributed by atoms with Crippen molar-refractivity contribution in [3.8, 4) is 0 Å². The molecule has 0 aliphatic carbocycles. The van der Waals surface area contributed by atoms with Gasteiger partial charge in [0.05, 0.1) is 11.2 Å². The zero-order chi connectivity index (χ0) is 15.1. The highest BCUT2D eigenvalue weighted by atomic mass is 16.7. The molecular weight excluding hydrogens is 263 g/mol. The molecule has 1 aromatic heterocycles. The first kappa shape index (κ1) is 15.0. The normalized spacial score (nSPS) is 27.8. The van der Waals surface area contributed by atoms with Gasteiger partial charge in [0.2, 0.25) is 0 Å². The number of aromatic nitrogens is 1. The Morgan fingerprint density at radius 3 is 2.52 bits per heavy atom. The molecule has 21 heavy (non-hydrogen) atoms. The van der Waals surface area contributed by atoms with E-state index >= 15 is 0 Å². The van der Waals surface area contributed by atoms with Crippen LogP contribution in [0.15, 0.2) is 18.5 Å². The highest BCUT2D eigenvalue weighted by Crippen LogP contribution is 2.37. The summed E-state index contributed by atoms with van der Waals surface area (Å²) in [4.78, 5) is 4.29. The molecule has 3 rings (SSSR count). The maximum Gasteiger partial charge on any atom is 0.496 e. The molecule has 1 N–H and O–H groups in total. The van der Waals surface area contributed by atoms with Gasteiger partial charge in [-0.15, -0.1) is 0 Å². The molecule has 5 heteroatoms. The van der Waals surface area contributed by atoms with Gasteiger partial charge in [0, 0.05) is 23.9 Å². The molecular formula is C16H25BN2O2. The number of pyridine rings is 1. The van der Waals surface area contributed by atoms with Crippen LogP contribution in [0, 0.1) is 0 Å². The Bertz CT molecular complexity index is 497. The molecule has 0 unspecified atom stereocenters. The van der Waals surface area contributed by atoms with E-state index in [-0.39, 0.29) is 18.3 Å². The maximum absolute atomic E-state index is 6.19. The Balaban J connectivity index is 1.89. The fraction of sp³-hybridized carbons (Fsp3) is 0.688. The quantitative estimate of drug-likeness (QED) is 0.847. The van der Waals surface area contributed by atoms with Gasteiger partial charge in [-0.05, 0) is 58.7 Å². The molecule has 0 bridgehead atoms. The first-order valence-corrected chi connectivity index (χ1v) is 7.93. The van der Waals surface area contributed by atoms with E-state index < -0.39 is 0 Å². The van der Waals surface area contributed by atoms with Crippen LogP contribution in [0.5, 0.6) is 0 Å². The number of rotatable bonds is 2. The summed E-state index contributed by atoms with van der Waals surface area (Å²) in [6.45, 7) is 9.42. The summed E-state index contributed by atoms with van der Waals surface area (Å²) in [7, 11) is -0.331. The van der Waals surface area contributed by atoms with Crippen LogP contribution in [0.2, 0.25) is 0 Å². The summed E-state index contributed by atoms with van der Waals surface area (Å²) in [6.07, 6.45) is 7.45. The number of hydrogen-bond donors (Lipinski definition) is 1. The Kier molecular flexibility index (Phi) is 3.84. The Morgan fingerprint density at radius 1 is 1.19 bits per heavy atom. The van der Waals surface area contributed by atoms with Crippen LogP contribution >= 0.6 is 0 Å². The van der Waals surface area contributed by atoms with Gasteiger partial charge < -0.3 is 14.6 Å². The monoisotopic (exact) mass is 288 g/mol. The lowest BCUT2D eigenvalue weighted by Gasteiger charge is -2.32. The van der Waals surface area contributed by atoms with E-state index in [4.69, 9.17) is 9.31 Å². The van der Waals surface area contributed by atoms with Crippen LogP contribution in [-0.2, 0) is 9.31 Å². The van der Waals surface area contributed by atoms with Crippen LogP contribution in [-0.4, -0.2) is 29.8 Å². The zero-order valence-electron chi connectivity index (χ0n) is 13.5. The fourth-order valence-electron chi connectivity index (χ4n) is 3.02. The van der Waals surface area contributed by atoms with E-state index in [1.165, 1.54) is 18.4 Å². The van der Waals surface area contributed by atoms with Gasteiger partial charge in [0.25, 0.3) is 0 Å². The van der Waals surface area contributed by atoms with Crippen LogP contribution in [0.25, 0.3) is 0 Å². The van der Waals surface area contributed by atoms with E-state index in [0.717, 1.165) is 18.4 Å². The fourth-order valence-corrected chi connectivity index (χ4v) is 3.02. The van der Waals surface area contributed by atoms with Gasteiger partial charge in [-0.2, -0.15) is 0 Å². The van der Waals surface area contributed by atoms with E-state index in [1.54, 1.807) is 0 Å². The minimum absolute atomic E-state index is 0.315. The molecule has 2 aliphatic rings. The average molecular weight is 288 g/mol. The van der Waals surface area contributed by atoms with Crippen molar-refractivity contribution in [2.75, 3.05) is 6.54 Å². The predicted octanol–water partition coefficient (Wildman–Crippen LogP) is 2.20. The highest BCUT2D eigenvalue weighted by molar-refractivity contribution is 6.62. The lowest BCUT2D eigenvalue weighted by molar-refractivity contribution is 0.00578. The van der Waals surface area contributed by atoms with E-state index in [9.17, 15) is 0 Å². The standard InChI is InChI=1S/C16H25BN2O2/c1-15(2)16(3,4)21-17(20-15)13-11-18-10-8-12(13)14-7-5-6-9-19-14/h8,10-11,14,19H,5-7,9H2,1-4H3/t14-/m1/s1. The number of nitrogens with zero attached hydrogens (tertiary/aromatic N) is 1. The van der Waals surface area contributed by atoms with Gasteiger partial charge in [0.1, 0.15) is 0 Å². The van der Waals surface area contributed by atoms with Crippen molar-refractivity contribution in [3.05, 3.63) is 24.0 Å². The molecule has 0 spiro atoms. The molecule has 0 radical (unpaired) electrons. The molecule has 0 saturated carbocycles. The third kappa shape index (κ3) is 2.74. The van der Waals surface area contributed by atoms with Gasteiger partial charge in [0.15, 0.2) is 0 Å². The van der Waals surface area contributed by atoms with Crippen LogP contribution in [0.1, 0.15) is 58.6 Å². The molecule has 0 amide bonds. The SMILES string of the molecule is CC1(C)OB(c2cnccc2[C@H]2CCCCN2)OC1(C)C. The zero-order valence-corrected chi connectivity index (χ0v) is 13.5. The molecule has 114 valence electrons. The summed E-state index contributed by atoms with van der Waals surface area (Å²) in [5.74, 6) is 0. The van der Waals surface area contributed by atoms with Gasteiger partial charge in [-0.25, -0.2) is 0 Å². The van der Waals surface area contributed by atoms with Crippen molar-refractivity contribution >= 4 is 12.6 Å². The van der Waals surface area contributed by atoms with Crippen molar-refractivity contribution < 1.29 is 9.31 Å². The van der Waals surface area contributed by atoms with Crippen molar-refractivity contribution in [3.63, 3.8) is 0 Å². The third-order valence-corrected chi connectivity index (χ3v) is 5.08. The van der Waals surface area contributed by atoms with Gasteiger partial charge in [-0.3, -0.25) is 4.98 Å². The van der Waals surface area contributed by atoms with E-state index in [1.807, 2.05) is 12.4 Å². The molecule has 1 aromatic rings. The van der Waals surface area contributed by atoms with Crippen molar-refractivity contribution in [1.29, 1.82) is 0 Å². The van der Waals surface area contributed by atoms with Crippen LogP contribution in [0.3, 0.4) is 0 Å². The van der Waals surface area contributed by atoms with Gasteiger partial charge >= 0.3 is 7.12 Å². The average Bonchev–Trinajstić information content (AvgIpc) is 2.68. The number of nitrogens with one attached hydrogen (secondary N) is 1. The van der Waals surface area contributed by atoms with Crippen LogP contribution < -0.4 is 10.8 Å². The maximum atomic E-state index is 6.19. The second kappa shape index (κ2) is 5.38. The predicted molar refractivity (Wildman–Crippen MR) is 84.5 cm³/mol. The summed E-state index contributed by atoms with van der Waals surface area (Å²) in [6, 6.07) is 2.49. The molecule has 2 fully saturated rings. The second-order valence-corrected chi connectivity index (χ2v) is 7.10. The second-order valence-electron chi connectivity index (χ2n) is 7.10. The van der Waals surface area contributed by atoms with Gasteiger partial charge in [-0.1, -0.05) is 6.42 Å². The van der Waals surface area contributed by atoms with Crippen molar-refractivity contribution in [2.24, 2.45) is 0 Å². The minimum Gasteiger partial charge on any atom is -0.399 e. The lowest BCUT2D eigenvalue weighted by atomic mass is 9.74. The summed E-state index contributed by atoms with van der Waals surface area (Å²) in [5, 5.41) is 3.60. The van der Waals surface area contributed by atoms with E-state index in [0.29, 0.717) is 6.04 Å². The smallest absolute Gasteiger partial charge is 0.399 e. The molecule has 2 aliphatic heterocycles. The molecule has 2 saturated heterocycles. The Hall–Kier alpha value is -0.905. The third-order valence-electron chi connectivity index (χ3n) is 5.08. The van der Waals surface area contributed by atoms with Crippen molar-refractivity contribution in [1.82, 2.24) is 10.3 Å². The first-order chi connectivity index (χ1) is 9.91. The molecule has 3 heterocycles. The van der Waals surface area contributed by atoms with Crippen LogP contribution in [0.4, 0.5) is 0 Å². The highest BCUT2D eigenvalue weighted by Gasteiger charge is 2.52. The Morgan fingerprint density at radius 2 is 1.90 bits per heavy atom. The lowest BCUT2D eigenvalue weighted by Crippen LogP contribution is -2.41. The summed E-state index contributed by atoms with van der Waals surface area (Å²) < 4.78 is 12.4. The topological polar surface area (TPSA) is 43.4 Å². The van der Waals surface area contributed by atoms with E-state index in [2.05, 4.69) is 44.1 Å². The summed E-state index contributed by atoms with van der Waals surface area (Å²) >= 11 is 0. The first-order valence-electron chi connectivity index (χ1n) is 7.93.